The number of rotatable bonds is 27. The second kappa shape index (κ2) is 25.9. The average Bonchev–Trinajstić information content (AvgIpc) is 2.91. The first-order chi connectivity index (χ1) is 22.0. The van der Waals surface area contributed by atoms with Crippen LogP contribution in [0, 0.1) is 0 Å². The zero-order valence-corrected chi connectivity index (χ0v) is 30.6. The third-order valence-electron chi connectivity index (χ3n) is 5.43. The summed E-state index contributed by atoms with van der Waals surface area (Å²) < 4.78 is 49.3. The molecule has 0 radical (unpaired) electrons. The largest absolute Gasteiger partial charge is 0.460 e. The first-order valence-corrected chi connectivity index (χ1v) is 16.6. The van der Waals surface area contributed by atoms with Crippen LogP contribution in [0.3, 0.4) is 0 Å². The number of carbonyl (C=O) groups is 3. The quantitative estimate of drug-likeness (QED) is 0.0768. The zero-order chi connectivity index (χ0) is 35.6. The molecule has 0 aliphatic carbocycles. The van der Waals surface area contributed by atoms with Gasteiger partial charge in [0.25, 0.3) is 0 Å². The lowest BCUT2D eigenvalue weighted by Crippen LogP contribution is -2.35. The summed E-state index contributed by atoms with van der Waals surface area (Å²) in [6, 6.07) is 0. The van der Waals surface area contributed by atoms with E-state index in [-0.39, 0.29) is 38.0 Å². The molecule has 0 spiro atoms. The molecule has 0 aromatic carbocycles. The SMILES string of the molecule is CC(C)(C)OC(=O)CCOCCOCCN(CCOCCOCCNC(=O)OC(C)(C)C)CCOCCOCCC(=O)OC(C)(C)C. The minimum Gasteiger partial charge on any atom is -0.460 e. The standard InChI is InChI=1S/C33H64N2O12/c1-31(2,3)45-28(36)10-16-39-22-25-42-19-13-35(14-20-43-26-23-40-17-11-29(37)46-32(4,5)6)15-21-44-27-24-41-18-12-34-30(38)47-33(7,8)9/h10-27H2,1-9H3,(H,34,38). The predicted molar refractivity (Wildman–Crippen MR) is 177 cm³/mol. The third-order valence-corrected chi connectivity index (χ3v) is 5.43. The Morgan fingerprint density at radius 2 is 0.766 bits per heavy atom. The average molecular weight is 681 g/mol. The highest BCUT2D eigenvalue weighted by Gasteiger charge is 2.17. The Labute approximate surface area is 282 Å². The van der Waals surface area contributed by atoms with E-state index in [4.69, 9.17) is 42.6 Å². The fourth-order valence-corrected chi connectivity index (χ4v) is 3.52. The van der Waals surface area contributed by atoms with Crippen LogP contribution >= 0.6 is 0 Å². The lowest BCUT2D eigenvalue weighted by molar-refractivity contribution is -0.157. The Morgan fingerprint density at radius 1 is 0.447 bits per heavy atom. The number of alkyl carbamates (subject to hydrolysis) is 1. The van der Waals surface area contributed by atoms with E-state index in [1.807, 2.05) is 62.3 Å². The summed E-state index contributed by atoms with van der Waals surface area (Å²) in [5.74, 6) is -0.569. The Hall–Kier alpha value is -2.07. The summed E-state index contributed by atoms with van der Waals surface area (Å²) >= 11 is 0. The van der Waals surface area contributed by atoms with Gasteiger partial charge in [-0.15, -0.1) is 0 Å². The highest BCUT2D eigenvalue weighted by Crippen LogP contribution is 2.09. The van der Waals surface area contributed by atoms with Crippen LogP contribution in [0.25, 0.3) is 0 Å². The molecule has 0 aromatic rings. The van der Waals surface area contributed by atoms with Crippen LogP contribution in [-0.2, 0) is 52.2 Å². The van der Waals surface area contributed by atoms with Gasteiger partial charge in [-0.3, -0.25) is 14.5 Å². The molecular formula is C33H64N2O12. The molecule has 0 aliphatic rings. The van der Waals surface area contributed by atoms with Gasteiger partial charge in [-0.1, -0.05) is 0 Å². The van der Waals surface area contributed by atoms with Crippen LogP contribution in [0.5, 0.6) is 0 Å². The fourth-order valence-electron chi connectivity index (χ4n) is 3.52. The third kappa shape index (κ3) is 35.1. The van der Waals surface area contributed by atoms with Crippen molar-refractivity contribution < 1.29 is 57.0 Å². The number of ether oxygens (including phenoxy) is 9. The minimum absolute atomic E-state index is 0.202. The summed E-state index contributed by atoms with van der Waals surface area (Å²) in [7, 11) is 0. The van der Waals surface area contributed by atoms with Crippen molar-refractivity contribution >= 4 is 18.0 Å². The van der Waals surface area contributed by atoms with Crippen molar-refractivity contribution in [3.8, 4) is 0 Å². The van der Waals surface area contributed by atoms with E-state index in [2.05, 4.69) is 10.2 Å². The summed E-state index contributed by atoms with van der Waals surface area (Å²) in [6.45, 7) is 23.6. The van der Waals surface area contributed by atoms with Gasteiger partial charge in [-0.05, 0) is 62.3 Å². The van der Waals surface area contributed by atoms with E-state index in [1.165, 1.54) is 0 Å². The van der Waals surface area contributed by atoms with Gasteiger partial charge in [-0.25, -0.2) is 4.79 Å². The Balaban J connectivity index is 4.21. The maximum Gasteiger partial charge on any atom is 0.407 e. The van der Waals surface area contributed by atoms with Gasteiger partial charge in [-0.2, -0.15) is 0 Å². The normalized spacial score (nSPS) is 12.3. The number of amides is 1. The van der Waals surface area contributed by atoms with Crippen molar-refractivity contribution in [1.29, 1.82) is 0 Å². The molecule has 0 aromatic heterocycles. The number of nitrogens with zero attached hydrogens (tertiary/aromatic N) is 1. The molecule has 1 amide bonds. The van der Waals surface area contributed by atoms with Gasteiger partial charge in [0.15, 0.2) is 0 Å². The van der Waals surface area contributed by atoms with Crippen LogP contribution in [0.4, 0.5) is 4.79 Å². The topological polar surface area (TPSA) is 150 Å². The number of nitrogens with one attached hydrogen (secondary N) is 1. The zero-order valence-electron chi connectivity index (χ0n) is 30.6. The summed E-state index contributed by atoms with van der Waals surface area (Å²) in [6.07, 6.45) is -0.0661. The Kier molecular flexibility index (Phi) is 24.7. The lowest BCUT2D eigenvalue weighted by atomic mass is 10.2. The van der Waals surface area contributed by atoms with Gasteiger partial charge in [0.1, 0.15) is 16.8 Å². The molecule has 278 valence electrons. The van der Waals surface area contributed by atoms with E-state index in [9.17, 15) is 14.4 Å². The molecule has 0 fully saturated rings. The first-order valence-electron chi connectivity index (χ1n) is 16.6. The molecule has 47 heavy (non-hydrogen) atoms. The predicted octanol–water partition coefficient (Wildman–Crippen LogP) is 3.38. The fraction of sp³-hybridized carbons (Fsp3) is 0.909. The molecule has 0 aliphatic heterocycles. The number of hydrogen-bond acceptors (Lipinski definition) is 13. The minimum atomic E-state index is -0.539. The maximum atomic E-state index is 11.7. The van der Waals surface area contributed by atoms with Crippen LogP contribution in [0.15, 0.2) is 0 Å². The maximum absolute atomic E-state index is 11.7. The molecule has 0 heterocycles. The van der Waals surface area contributed by atoms with Crippen LogP contribution < -0.4 is 5.32 Å². The summed E-state index contributed by atoms with van der Waals surface area (Å²) in [5.41, 5.74) is -1.55. The van der Waals surface area contributed by atoms with Crippen LogP contribution in [0.1, 0.15) is 75.2 Å². The number of esters is 2. The summed E-state index contributed by atoms with van der Waals surface area (Å²) in [4.78, 5) is 37.3. The van der Waals surface area contributed by atoms with Crippen molar-refractivity contribution in [2.75, 3.05) is 105 Å². The second-order valence-electron chi connectivity index (χ2n) is 13.6. The van der Waals surface area contributed by atoms with E-state index >= 15 is 0 Å². The monoisotopic (exact) mass is 680 g/mol. The molecule has 0 unspecified atom stereocenters. The van der Waals surface area contributed by atoms with Crippen molar-refractivity contribution in [1.82, 2.24) is 10.2 Å². The van der Waals surface area contributed by atoms with Gasteiger partial charge in [0.05, 0.1) is 92.1 Å². The van der Waals surface area contributed by atoms with Crippen LogP contribution in [-0.4, -0.2) is 145 Å². The van der Waals surface area contributed by atoms with E-state index in [0.29, 0.717) is 92.2 Å². The Morgan fingerprint density at radius 3 is 1.11 bits per heavy atom. The number of hydrogen-bond donors (Lipinski definition) is 1. The molecule has 14 nitrogen and oxygen atoms in total. The van der Waals surface area contributed by atoms with Gasteiger partial charge in [0, 0.05) is 26.2 Å². The second-order valence-corrected chi connectivity index (χ2v) is 13.6. The highest BCUT2D eigenvalue weighted by atomic mass is 16.6. The van der Waals surface area contributed by atoms with Crippen molar-refractivity contribution in [2.24, 2.45) is 0 Å². The van der Waals surface area contributed by atoms with Gasteiger partial charge in [0.2, 0.25) is 0 Å². The molecule has 0 saturated carbocycles. The summed E-state index contributed by atoms with van der Waals surface area (Å²) in [5, 5.41) is 2.65. The highest BCUT2D eigenvalue weighted by molar-refractivity contribution is 5.70. The molecule has 0 bridgehead atoms. The lowest BCUT2D eigenvalue weighted by Gasteiger charge is -2.22. The van der Waals surface area contributed by atoms with Crippen molar-refractivity contribution in [3.05, 3.63) is 0 Å². The van der Waals surface area contributed by atoms with Gasteiger partial charge < -0.3 is 47.9 Å². The Bertz CT molecular complexity index is 778. The molecule has 1 N–H and O–H groups in total. The van der Waals surface area contributed by atoms with E-state index < -0.39 is 22.9 Å². The molecule has 0 saturated heterocycles. The molecule has 14 heteroatoms. The van der Waals surface area contributed by atoms with Gasteiger partial charge >= 0.3 is 18.0 Å². The smallest absolute Gasteiger partial charge is 0.407 e. The van der Waals surface area contributed by atoms with Crippen molar-refractivity contribution in [2.45, 2.75) is 92.0 Å². The van der Waals surface area contributed by atoms with Crippen molar-refractivity contribution in [3.63, 3.8) is 0 Å². The van der Waals surface area contributed by atoms with E-state index in [1.54, 1.807) is 0 Å². The van der Waals surface area contributed by atoms with Crippen LogP contribution in [0.2, 0.25) is 0 Å². The van der Waals surface area contributed by atoms with E-state index in [0.717, 1.165) is 0 Å². The molecule has 0 atom stereocenters. The first kappa shape index (κ1) is 44.9. The molecular weight excluding hydrogens is 616 g/mol. The number of carbonyl (C=O) groups excluding carboxylic acids is 3. The molecule has 0 rings (SSSR count).